The Balaban J connectivity index is 1.96. The van der Waals surface area contributed by atoms with Gasteiger partial charge in [0.05, 0.1) is 11.5 Å². The Bertz CT molecular complexity index is 519. The molecule has 2 aliphatic rings. The van der Waals surface area contributed by atoms with E-state index in [1.807, 2.05) is 0 Å². The first kappa shape index (κ1) is 16.1. The second kappa shape index (κ2) is 6.21. The molecule has 0 spiro atoms. The minimum Gasteiger partial charge on any atom is -0.480 e. The highest BCUT2D eigenvalue weighted by Gasteiger charge is 2.41. The van der Waals surface area contributed by atoms with Gasteiger partial charge in [0.1, 0.15) is 6.54 Å². The fourth-order valence-corrected chi connectivity index (χ4v) is 4.62. The molecule has 7 nitrogen and oxygen atoms in total. The first-order valence-electron chi connectivity index (χ1n) is 7.31. The number of carbonyl (C=O) groups is 2. The van der Waals surface area contributed by atoms with Crippen LogP contribution in [-0.4, -0.2) is 60.6 Å². The number of aliphatic carboxylic acids is 1. The lowest BCUT2D eigenvalue weighted by Gasteiger charge is -2.26. The van der Waals surface area contributed by atoms with E-state index in [1.165, 1.54) is 0 Å². The highest BCUT2D eigenvalue weighted by Crippen LogP contribution is 2.34. The van der Waals surface area contributed by atoms with Crippen LogP contribution in [-0.2, 0) is 14.6 Å². The highest BCUT2D eigenvalue weighted by atomic mass is 32.2. The fourth-order valence-electron chi connectivity index (χ4n) is 2.89. The van der Waals surface area contributed by atoms with Crippen LogP contribution >= 0.6 is 0 Å². The molecule has 0 aromatic heterocycles. The predicted molar refractivity (Wildman–Crippen MR) is 76.7 cm³/mol. The normalized spacial score (nSPS) is 29.9. The third-order valence-electron chi connectivity index (χ3n) is 4.11. The number of amides is 2. The number of carbonyl (C=O) groups excluding carboxylic acids is 1. The Labute approximate surface area is 124 Å². The van der Waals surface area contributed by atoms with Crippen molar-refractivity contribution < 1.29 is 23.1 Å². The van der Waals surface area contributed by atoms with E-state index in [4.69, 9.17) is 5.11 Å². The largest absolute Gasteiger partial charge is 0.480 e. The van der Waals surface area contributed by atoms with Gasteiger partial charge in [-0.3, -0.25) is 4.79 Å². The van der Waals surface area contributed by atoms with Crippen LogP contribution in [0.2, 0.25) is 0 Å². The topological polar surface area (TPSA) is 104 Å². The quantitative estimate of drug-likeness (QED) is 0.740. The van der Waals surface area contributed by atoms with Crippen LogP contribution in [0.1, 0.15) is 32.6 Å². The van der Waals surface area contributed by atoms with Gasteiger partial charge in [-0.1, -0.05) is 13.3 Å². The van der Waals surface area contributed by atoms with Gasteiger partial charge in [0.25, 0.3) is 0 Å². The molecule has 1 aliphatic heterocycles. The zero-order chi connectivity index (χ0) is 15.6. The van der Waals surface area contributed by atoms with Gasteiger partial charge in [-0.15, -0.1) is 0 Å². The average molecular weight is 318 g/mol. The summed E-state index contributed by atoms with van der Waals surface area (Å²) in [7, 11) is -3.16. The smallest absolute Gasteiger partial charge is 0.323 e. The van der Waals surface area contributed by atoms with Gasteiger partial charge in [0, 0.05) is 12.1 Å². The van der Waals surface area contributed by atoms with Crippen LogP contribution in [0, 0.1) is 5.92 Å². The standard InChI is InChI=1S/C13H22N2O5S/c1-2-3-9-6-11(9)14-13(18)15(7-12(16)17)10-4-5-21(19,20)8-10/h9-11H,2-8H2,1H3,(H,14,18)(H,16,17). The molecule has 3 unspecified atom stereocenters. The lowest BCUT2D eigenvalue weighted by Crippen LogP contribution is -2.49. The minimum atomic E-state index is -3.16. The number of hydrogen-bond acceptors (Lipinski definition) is 4. The second-order valence-corrected chi connectivity index (χ2v) is 8.15. The third-order valence-corrected chi connectivity index (χ3v) is 5.86. The Morgan fingerprint density at radius 3 is 2.62 bits per heavy atom. The number of urea groups is 1. The molecule has 8 heteroatoms. The molecular formula is C13H22N2O5S. The molecule has 120 valence electrons. The van der Waals surface area contributed by atoms with Crippen LogP contribution in [0.25, 0.3) is 0 Å². The molecule has 0 bridgehead atoms. The summed E-state index contributed by atoms with van der Waals surface area (Å²) in [6.45, 7) is 1.62. The van der Waals surface area contributed by atoms with E-state index in [2.05, 4.69) is 12.2 Å². The molecule has 1 aliphatic carbocycles. The van der Waals surface area contributed by atoms with Gasteiger partial charge >= 0.3 is 12.0 Å². The summed E-state index contributed by atoms with van der Waals surface area (Å²) in [5.41, 5.74) is 0. The Hall–Kier alpha value is -1.31. The van der Waals surface area contributed by atoms with Crippen molar-refractivity contribution in [2.75, 3.05) is 18.1 Å². The number of rotatable bonds is 6. The van der Waals surface area contributed by atoms with Crippen molar-refractivity contribution in [1.82, 2.24) is 10.2 Å². The number of nitrogens with zero attached hydrogens (tertiary/aromatic N) is 1. The van der Waals surface area contributed by atoms with E-state index >= 15 is 0 Å². The Morgan fingerprint density at radius 1 is 1.38 bits per heavy atom. The summed E-state index contributed by atoms with van der Waals surface area (Å²) in [5, 5.41) is 11.8. The summed E-state index contributed by atoms with van der Waals surface area (Å²) < 4.78 is 23.0. The number of hydrogen-bond donors (Lipinski definition) is 2. The summed E-state index contributed by atoms with van der Waals surface area (Å²) in [6, 6.07) is -0.885. The number of sulfone groups is 1. The predicted octanol–water partition coefficient (Wildman–Crippen LogP) is 0.458. The van der Waals surface area contributed by atoms with Gasteiger partial charge in [-0.2, -0.15) is 0 Å². The average Bonchev–Trinajstić information content (AvgIpc) is 2.99. The van der Waals surface area contributed by atoms with Gasteiger partial charge in [0.15, 0.2) is 9.84 Å². The summed E-state index contributed by atoms with van der Waals surface area (Å²) >= 11 is 0. The van der Waals surface area contributed by atoms with Crippen LogP contribution < -0.4 is 5.32 Å². The minimum absolute atomic E-state index is 0.0168. The van der Waals surface area contributed by atoms with Crippen LogP contribution in [0.5, 0.6) is 0 Å². The van der Waals surface area contributed by atoms with Gasteiger partial charge in [-0.25, -0.2) is 13.2 Å². The maximum Gasteiger partial charge on any atom is 0.323 e. The molecule has 3 atom stereocenters. The summed E-state index contributed by atoms with van der Waals surface area (Å²) in [5.74, 6) is -0.784. The molecule has 0 radical (unpaired) electrons. The van der Waals surface area contributed by atoms with Crippen molar-refractivity contribution in [3.8, 4) is 0 Å². The monoisotopic (exact) mass is 318 g/mol. The van der Waals surface area contributed by atoms with Crippen molar-refractivity contribution in [3.63, 3.8) is 0 Å². The maximum absolute atomic E-state index is 12.2. The molecule has 0 aromatic rings. The fraction of sp³-hybridized carbons (Fsp3) is 0.846. The molecule has 2 rings (SSSR count). The van der Waals surface area contributed by atoms with E-state index in [0.29, 0.717) is 12.3 Å². The van der Waals surface area contributed by atoms with Crippen molar-refractivity contribution in [3.05, 3.63) is 0 Å². The Kier molecular flexibility index (Phi) is 4.75. The first-order chi connectivity index (χ1) is 9.82. The molecule has 2 fully saturated rings. The van der Waals surface area contributed by atoms with Crippen LogP contribution in [0.3, 0.4) is 0 Å². The third kappa shape index (κ3) is 4.33. The van der Waals surface area contributed by atoms with E-state index < -0.39 is 34.4 Å². The van der Waals surface area contributed by atoms with E-state index in [1.54, 1.807) is 0 Å². The summed E-state index contributed by atoms with van der Waals surface area (Å²) in [4.78, 5) is 24.3. The van der Waals surface area contributed by atoms with E-state index in [0.717, 1.165) is 24.2 Å². The maximum atomic E-state index is 12.2. The first-order valence-corrected chi connectivity index (χ1v) is 9.14. The molecule has 1 saturated heterocycles. The zero-order valence-electron chi connectivity index (χ0n) is 12.1. The van der Waals surface area contributed by atoms with Gasteiger partial charge in [-0.05, 0) is 25.2 Å². The van der Waals surface area contributed by atoms with Crippen LogP contribution in [0.15, 0.2) is 0 Å². The van der Waals surface area contributed by atoms with Crippen molar-refractivity contribution in [2.24, 2.45) is 5.92 Å². The molecule has 2 amide bonds. The lowest BCUT2D eigenvalue weighted by atomic mass is 10.2. The van der Waals surface area contributed by atoms with Gasteiger partial charge < -0.3 is 15.3 Å². The molecule has 21 heavy (non-hydrogen) atoms. The SMILES string of the molecule is CCCC1CC1NC(=O)N(CC(=O)O)C1CCS(=O)(=O)C1. The molecule has 2 N–H and O–H groups in total. The molecule has 1 heterocycles. The number of nitrogens with one attached hydrogen (secondary N) is 1. The summed E-state index contributed by atoms with van der Waals surface area (Å²) in [6.07, 6.45) is 3.33. The van der Waals surface area contributed by atoms with E-state index in [-0.39, 0.29) is 17.5 Å². The van der Waals surface area contributed by atoms with E-state index in [9.17, 15) is 18.0 Å². The number of carboxylic acids is 1. The number of carboxylic acid groups (broad SMARTS) is 1. The highest BCUT2D eigenvalue weighted by molar-refractivity contribution is 7.91. The Morgan fingerprint density at radius 2 is 2.10 bits per heavy atom. The lowest BCUT2D eigenvalue weighted by molar-refractivity contribution is -0.138. The van der Waals surface area contributed by atoms with Crippen molar-refractivity contribution in [2.45, 2.75) is 44.7 Å². The second-order valence-electron chi connectivity index (χ2n) is 5.92. The van der Waals surface area contributed by atoms with Crippen molar-refractivity contribution >= 4 is 21.8 Å². The molecular weight excluding hydrogens is 296 g/mol. The molecule has 0 aromatic carbocycles. The zero-order valence-corrected chi connectivity index (χ0v) is 12.9. The van der Waals surface area contributed by atoms with Gasteiger partial charge in [0.2, 0.25) is 0 Å². The van der Waals surface area contributed by atoms with Crippen LogP contribution in [0.4, 0.5) is 4.79 Å². The van der Waals surface area contributed by atoms with Crippen molar-refractivity contribution in [1.29, 1.82) is 0 Å². The molecule has 1 saturated carbocycles.